The van der Waals surface area contributed by atoms with Crippen LogP contribution in [0.15, 0.2) is 40.8 Å². The fraction of sp³-hybridized carbons (Fsp3) is 0.125. The fourth-order valence-electron chi connectivity index (χ4n) is 2.06. The molecule has 1 aromatic heterocycles. The van der Waals surface area contributed by atoms with Crippen LogP contribution in [0.25, 0.3) is 22.6 Å². The Hall–Kier alpha value is -2.53. The molecule has 2 N–H and O–H groups in total. The molecule has 3 aromatic rings. The van der Waals surface area contributed by atoms with Gasteiger partial charge in [0.1, 0.15) is 11.3 Å². The Morgan fingerprint density at radius 2 is 2.14 bits per heavy atom. The van der Waals surface area contributed by atoms with E-state index in [0.717, 1.165) is 0 Å². The van der Waals surface area contributed by atoms with E-state index in [1.165, 1.54) is 6.07 Å². The largest absolute Gasteiger partial charge is 0.507 e. The topological polar surface area (TPSA) is 75.4 Å². The van der Waals surface area contributed by atoms with Crippen LogP contribution >= 0.6 is 11.6 Å². The first kappa shape index (κ1) is 14.4. The van der Waals surface area contributed by atoms with Crippen molar-refractivity contribution >= 4 is 34.3 Å². The smallest absolute Gasteiger partial charge is 0.231 e. The summed E-state index contributed by atoms with van der Waals surface area (Å²) >= 11 is 5.92. The van der Waals surface area contributed by atoms with Crippen molar-refractivity contribution in [1.82, 2.24) is 4.98 Å². The van der Waals surface area contributed by atoms with E-state index in [0.29, 0.717) is 39.7 Å². The number of hydrogen-bond acceptors (Lipinski definition) is 4. The van der Waals surface area contributed by atoms with Gasteiger partial charge in [-0.2, -0.15) is 0 Å². The average molecular weight is 317 g/mol. The molecule has 0 radical (unpaired) electrons. The van der Waals surface area contributed by atoms with Crippen LogP contribution in [0.3, 0.4) is 0 Å². The second kappa shape index (κ2) is 5.69. The number of oxazole rings is 1. The number of phenolic OH excluding ortho intramolecular Hbond substituents is 1. The predicted molar refractivity (Wildman–Crippen MR) is 85.0 cm³/mol. The third-order valence-electron chi connectivity index (χ3n) is 3.18. The van der Waals surface area contributed by atoms with Crippen LogP contribution in [0.5, 0.6) is 5.75 Å². The second-order valence-electron chi connectivity index (χ2n) is 4.76. The van der Waals surface area contributed by atoms with Crippen molar-refractivity contribution in [3.63, 3.8) is 0 Å². The van der Waals surface area contributed by atoms with Crippen LogP contribution in [-0.2, 0) is 4.79 Å². The highest BCUT2D eigenvalue weighted by Gasteiger charge is 2.13. The van der Waals surface area contributed by atoms with Gasteiger partial charge < -0.3 is 14.8 Å². The van der Waals surface area contributed by atoms with Crippen LogP contribution in [0, 0.1) is 0 Å². The monoisotopic (exact) mass is 316 g/mol. The van der Waals surface area contributed by atoms with Crippen molar-refractivity contribution in [1.29, 1.82) is 0 Å². The van der Waals surface area contributed by atoms with Gasteiger partial charge in [-0.05, 0) is 30.3 Å². The molecule has 112 valence electrons. The van der Waals surface area contributed by atoms with Gasteiger partial charge in [-0.25, -0.2) is 4.98 Å². The summed E-state index contributed by atoms with van der Waals surface area (Å²) in [6, 6.07) is 9.92. The van der Waals surface area contributed by atoms with E-state index in [2.05, 4.69) is 10.3 Å². The Balaban J connectivity index is 1.97. The summed E-state index contributed by atoms with van der Waals surface area (Å²) in [5.74, 6) is 0.151. The van der Waals surface area contributed by atoms with E-state index in [-0.39, 0.29) is 11.7 Å². The number of aromatic nitrogens is 1. The van der Waals surface area contributed by atoms with Crippen molar-refractivity contribution in [2.24, 2.45) is 0 Å². The molecule has 3 rings (SSSR count). The van der Waals surface area contributed by atoms with Crippen molar-refractivity contribution in [2.45, 2.75) is 13.3 Å². The van der Waals surface area contributed by atoms with Crippen molar-refractivity contribution < 1.29 is 14.3 Å². The molecule has 0 aliphatic rings. The Bertz CT molecular complexity index is 858. The summed E-state index contributed by atoms with van der Waals surface area (Å²) in [7, 11) is 0. The minimum Gasteiger partial charge on any atom is -0.507 e. The number of carbonyl (C=O) groups is 1. The summed E-state index contributed by atoms with van der Waals surface area (Å²) in [5, 5.41) is 13.4. The summed E-state index contributed by atoms with van der Waals surface area (Å²) in [6.45, 7) is 1.76. The number of carbonyl (C=O) groups excluding carboxylic acids is 1. The number of nitrogens with zero attached hydrogens (tertiary/aromatic N) is 1. The Labute approximate surface area is 131 Å². The molecule has 5 nitrogen and oxygen atoms in total. The van der Waals surface area contributed by atoms with Gasteiger partial charge in [0.25, 0.3) is 0 Å². The molecular formula is C16H13ClN2O3. The van der Waals surface area contributed by atoms with Crippen LogP contribution < -0.4 is 5.32 Å². The number of amides is 1. The zero-order valence-electron chi connectivity index (χ0n) is 11.8. The Morgan fingerprint density at radius 1 is 1.32 bits per heavy atom. The van der Waals surface area contributed by atoms with Crippen molar-refractivity contribution in [2.75, 3.05) is 5.32 Å². The van der Waals surface area contributed by atoms with Gasteiger partial charge in [0.15, 0.2) is 5.58 Å². The van der Waals surface area contributed by atoms with Gasteiger partial charge in [0.2, 0.25) is 11.8 Å². The molecule has 0 fully saturated rings. The molecule has 0 aliphatic carbocycles. The maximum Gasteiger partial charge on any atom is 0.231 e. The fourth-order valence-corrected chi connectivity index (χ4v) is 2.22. The third-order valence-corrected chi connectivity index (χ3v) is 3.42. The van der Waals surface area contributed by atoms with Crippen LogP contribution in [0.2, 0.25) is 5.02 Å². The maximum absolute atomic E-state index is 11.4. The lowest BCUT2D eigenvalue weighted by molar-refractivity contribution is -0.115. The van der Waals surface area contributed by atoms with Gasteiger partial charge in [-0.15, -0.1) is 0 Å². The molecule has 0 saturated heterocycles. The van der Waals surface area contributed by atoms with Gasteiger partial charge in [0.05, 0.1) is 5.56 Å². The van der Waals surface area contributed by atoms with E-state index in [1.54, 1.807) is 37.3 Å². The second-order valence-corrected chi connectivity index (χ2v) is 5.20. The number of nitrogens with one attached hydrogen (secondary N) is 1. The van der Waals surface area contributed by atoms with Crippen LogP contribution in [0.1, 0.15) is 13.3 Å². The number of rotatable bonds is 3. The van der Waals surface area contributed by atoms with E-state index in [4.69, 9.17) is 16.0 Å². The molecule has 0 bridgehead atoms. The number of benzene rings is 2. The lowest BCUT2D eigenvalue weighted by Gasteiger charge is -2.06. The third kappa shape index (κ3) is 2.76. The average Bonchev–Trinajstić information content (AvgIpc) is 2.89. The maximum atomic E-state index is 11.4. The molecule has 6 heteroatoms. The molecular weight excluding hydrogens is 304 g/mol. The predicted octanol–water partition coefficient (Wildman–Crippen LogP) is 4.20. The van der Waals surface area contributed by atoms with Crippen LogP contribution in [-0.4, -0.2) is 16.0 Å². The molecule has 0 aliphatic heterocycles. The first-order valence-electron chi connectivity index (χ1n) is 6.76. The number of fused-ring (bicyclic) bond motifs is 1. The Morgan fingerprint density at radius 3 is 2.86 bits per heavy atom. The molecule has 1 amide bonds. The molecule has 0 saturated carbocycles. The van der Waals surface area contributed by atoms with E-state index >= 15 is 0 Å². The molecule has 22 heavy (non-hydrogen) atoms. The minimum atomic E-state index is -0.122. The van der Waals surface area contributed by atoms with Gasteiger partial charge in [-0.1, -0.05) is 18.5 Å². The SMILES string of the molecule is CCC(=O)Nc1ccc(-c2nc3cc(Cl)ccc3o2)c(O)c1. The lowest BCUT2D eigenvalue weighted by Crippen LogP contribution is -2.09. The van der Waals surface area contributed by atoms with Crippen LogP contribution in [0.4, 0.5) is 5.69 Å². The number of halogens is 1. The first-order chi connectivity index (χ1) is 10.6. The van der Waals surface area contributed by atoms with E-state index in [1.807, 2.05) is 0 Å². The Kier molecular flexibility index (Phi) is 3.73. The van der Waals surface area contributed by atoms with Gasteiger partial charge in [-0.3, -0.25) is 4.79 Å². The van der Waals surface area contributed by atoms with Gasteiger partial charge >= 0.3 is 0 Å². The highest BCUT2D eigenvalue weighted by Crippen LogP contribution is 2.33. The summed E-state index contributed by atoms with van der Waals surface area (Å²) in [5.41, 5.74) is 2.17. The minimum absolute atomic E-state index is 0.0217. The molecule has 1 heterocycles. The summed E-state index contributed by atoms with van der Waals surface area (Å²) in [4.78, 5) is 15.7. The quantitative estimate of drug-likeness (QED) is 0.759. The first-order valence-corrected chi connectivity index (χ1v) is 7.14. The van der Waals surface area contributed by atoms with E-state index < -0.39 is 0 Å². The zero-order chi connectivity index (χ0) is 15.7. The molecule has 0 spiro atoms. The number of phenols is 1. The van der Waals surface area contributed by atoms with Crippen molar-refractivity contribution in [3.05, 3.63) is 41.4 Å². The highest BCUT2D eigenvalue weighted by molar-refractivity contribution is 6.31. The summed E-state index contributed by atoms with van der Waals surface area (Å²) < 4.78 is 5.61. The highest BCUT2D eigenvalue weighted by atomic mass is 35.5. The normalized spacial score (nSPS) is 10.8. The van der Waals surface area contributed by atoms with Gasteiger partial charge in [0, 0.05) is 23.2 Å². The lowest BCUT2D eigenvalue weighted by atomic mass is 10.1. The molecule has 0 unspecified atom stereocenters. The van der Waals surface area contributed by atoms with E-state index in [9.17, 15) is 9.90 Å². The summed E-state index contributed by atoms with van der Waals surface area (Å²) in [6.07, 6.45) is 0.369. The molecule has 2 aromatic carbocycles. The number of anilines is 1. The zero-order valence-corrected chi connectivity index (χ0v) is 12.5. The van der Waals surface area contributed by atoms with Crippen molar-refractivity contribution in [3.8, 4) is 17.2 Å². The number of aromatic hydroxyl groups is 1. The number of hydrogen-bond donors (Lipinski definition) is 2. The molecule has 0 atom stereocenters. The standard InChI is InChI=1S/C16H13ClN2O3/c1-2-15(21)18-10-4-5-11(13(20)8-10)16-19-12-7-9(17)3-6-14(12)22-16/h3-8,20H,2H2,1H3,(H,18,21).